The zero-order chi connectivity index (χ0) is 12.3. The van der Waals surface area contributed by atoms with Gasteiger partial charge in [0.15, 0.2) is 0 Å². The first-order valence-electron chi connectivity index (χ1n) is 5.08. The largest absolute Gasteiger partial charge is 0.381 e. The van der Waals surface area contributed by atoms with E-state index in [2.05, 4.69) is 37.2 Å². The molecule has 2 aromatic rings. The molecule has 88 valence electrons. The Balaban J connectivity index is 2.07. The van der Waals surface area contributed by atoms with Gasteiger partial charge in [0, 0.05) is 26.2 Å². The number of rotatable bonds is 3. The summed E-state index contributed by atoms with van der Waals surface area (Å²) in [5.74, 6) is 0. The third-order valence-corrected chi connectivity index (χ3v) is 3.79. The number of halogens is 3. The lowest BCUT2D eigenvalue weighted by atomic mass is 10.2. The lowest BCUT2D eigenvalue weighted by molar-refractivity contribution is 1.14. The van der Waals surface area contributed by atoms with Crippen LogP contribution in [-0.2, 0) is 6.54 Å². The predicted molar refractivity (Wildman–Crippen MR) is 80.6 cm³/mol. The molecule has 0 spiro atoms. The van der Waals surface area contributed by atoms with Crippen LogP contribution in [0.15, 0.2) is 51.4 Å². The Labute approximate surface area is 122 Å². The molecular weight excluding hydrogens is 365 g/mol. The molecule has 0 amide bonds. The Kier molecular flexibility index (Phi) is 4.48. The van der Waals surface area contributed by atoms with Gasteiger partial charge in [-0.05, 0) is 35.9 Å². The van der Waals surface area contributed by atoms with E-state index in [0.29, 0.717) is 0 Å². The SMILES string of the molecule is Clc1ccc(CNc2cccc(Br)c2)c(Br)c1. The van der Waals surface area contributed by atoms with Crippen LogP contribution in [-0.4, -0.2) is 0 Å². The zero-order valence-corrected chi connectivity index (χ0v) is 12.8. The molecule has 0 atom stereocenters. The average Bonchev–Trinajstić information content (AvgIpc) is 2.28. The van der Waals surface area contributed by atoms with E-state index in [1.54, 1.807) is 0 Å². The molecule has 0 bridgehead atoms. The van der Waals surface area contributed by atoms with Crippen LogP contribution in [0.1, 0.15) is 5.56 Å². The molecule has 2 rings (SSSR count). The Morgan fingerprint density at radius 1 is 1.06 bits per heavy atom. The lowest BCUT2D eigenvalue weighted by Gasteiger charge is -2.08. The Morgan fingerprint density at radius 2 is 1.88 bits per heavy atom. The van der Waals surface area contributed by atoms with Crippen LogP contribution in [0.4, 0.5) is 5.69 Å². The number of nitrogens with one attached hydrogen (secondary N) is 1. The number of anilines is 1. The highest BCUT2D eigenvalue weighted by atomic mass is 79.9. The van der Waals surface area contributed by atoms with E-state index >= 15 is 0 Å². The molecule has 0 saturated heterocycles. The van der Waals surface area contributed by atoms with Crippen LogP contribution in [0.5, 0.6) is 0 Å². The highest BCUT2D eigenvalue weighted by molar-refractivity contribution is 9.10. The van der Waals surface area contributed by atoms with Gasteiger partial charge in [-0.1, -0.05) is 55.6 Å². The monoisotopic (exact) mass is 373 g/mol. The van der Waals surface area contributed by atoms with Gasteiger partial charge < -0.3 is 5.32 Å². The topological polar surface area (TPSA) is 12.0 Å². The van der Waals surface area contributed by atoms with Crippen LogP contribution in [0.25, 0.3) is 0 Å². The molecule has 0 saturated carbocycles. The van der Waals surface area contributed by atoms with Gasteiger partial charge in [-0.2, -0.15) is 0 Å². The van der Waals surface area contributed by atoms with E-state index in [4.69, 9.17) is 11.6 Å². The summed E-state index contributed by atoms with van der Waals surface area (Å²) in [5.41, 5.74) is 2.26. The molecule has 4 heteroatoms. The van der Waals surface area contributed by atoms with Gasteiger partial charge in [0.2, 0.25) is 0 Å². The third kappa shape index (κ3) is 3.73. The summed E-state index contributed by atoms with van der Waals surface area (Å²) in [4.78, 5) is 0. The summed E-state index contributed by atoms with van der Waals surface area (Å²) in [5, 5.41) is 4.10. The van der Waals surface area contributed by atoms with E-state index < -0.39 is 0 Å². The molecule has 0 aliphatic heterocycles. The van der Waals surface area contributed by atoms with Crippen molar-refractivity contribution >= 4 is 49.1 Å². The van der Waals surface area contributed by atoms with Gasteiger partial charge in [0.1, 0.15) is 0 Å². The van der Waals surface area contributed by atoms with Crippen LogP contribution < -0.4 is 5.32 Å². The molecule has 0 unspecified atom stereocenters. The van der Waals surface area contributed by atoms with Crippen LogP contribution in [0, 0.1) is 0 Å². The minimum Gasteiger partial charge on any atom is -0.381 e. The van der Waals surface area contributed by atoms with E-state index in [-0.39, 0.29) is 0 Å². The molecule has 0 aromatic heterocycles. The van der Waals surface area contributed by atoms with Gasteiger partial charge in [-0.25, -0.2) is 0 Å². The van der Waals surface area contributed by atoms with Crippen molar-refractivity contribution in [3.05, 3.63) is 62.0 Å². The molecule has 1 N–H and O–H groups in total. The summed E-state index contributed by atoms with van der Waals surface area (Å²) in [7, 11) is 0. The van der Waals surface area contributed by atoms with Crippen molar-refractivity contribution in [3.63, 3.8) is 0 Å². The molecule has 0 heterocycles. The van der Waals surface area contributed by atoms with E-state index in [0.717, 1.165) is 26.2 Å². The smallest absolute Gasteiger partial charge is 0.0417 e. The molecular formula is C13H10Br2ClN. The number of hydrogen-bond donors (Lipinski definition) is 1. The molecule has 1 nitrogen and oxygen atoms in total. The fourth-order valence-electron chi connectivity index (χ4n) is 1.46. The quantitative estimate of drug-likeness (QED) is 0.749. The normalized spacial score (nSPS) is 10.3. The summed E-state index contributed by atoms with van der Waals surface area (Å²) < 4.78 is 2.09. The molecule has 0 aliphatic rings. The summed E-state index contributed by atoms with van der Waals surface area (Å²) in [6, 6.07) is 13.9. The second kappa shape index (κ2) is 5.89. The fourth-order valence-corrected chi connectivity index (χ4v) is 2.68. The first kappa shape index (κ1) is 12.9. The standard InChI is InChI=1S/C13H10Br2ClN/c14-10-2-1-3-12(6-10)17-8-9-4-5-11(16)7-13(9)15/h1-7,17H,8H2. The van der Waals surface area contributed by atoms with Gasteiger partial charge in [-0.3, -0.25) is 0 Å². The van der Waals surface area contributed by atoms with Crippen molar-refractivity contribution in [2.24, 2.45) is 0 Å². The highest BCUT2D eigenvalue weighted by Crippen LogP contribution is 2.23. The van der Waals surface area contributed by atoms with E-state index in [1.807, 2.05) is 42.5 Å². The number of hydrogen-bond acceptors (Lipinski definition) is 1. The third-order valence-electron chi connectivity index (χ3n) is 2.32. The second-order valence-corrected chi connectivity index (χ2v) is 5.81. The van der Waals surface area contributed by atoms with Gasteiger partial charge in [-0.15, -0.1) is 0 Å². The zero-order valence-electron chi connectivity index (χ0n) is 8.88. The summed E-state index contributed by atoms with van der Waals surface area (Å²) >= 11 is 12.8. The first-order chi connectivity index (χ1) is 8.15. The van der Waals surface area contributed by atoms with Crippen LogP contribution in [0.3, 0.4) is 0 Å². The average molecular weight is 375 g/mol. The molecule has 0 radical (unpaired) electrons. The summed E-state index contributed by atoms with van der Waals surface area (Å²) in [6.07, 6.45) is 0. The molecule has 0 aliphatic carbocycles. The maximum Gasteiger partial charge on any atom is 0.0417 e. The van der Waals surface area contributed by atoms with E-state index in [1.165, 1.54) is 5.56 Å². The Bertz CT molecular complexity index is 529. The number of benzene rings is 2. The lowest BCUT2D eigenvalue weighted by Crippen LogP contribution is -1.99. The van der Waals surface area contributed by atoms with Crippen molar-refractivity contribution in [3.8, 4) is 0 Å². The second-order valence-electron chi connectivity index (χ2n) is 3.60. The summed E-state index contributed by atoms with van der Waals surface area (Å²) in [6.45, 7) is 0.758. The highest BCUT2D eigenvalue weighted by Gasteiger charge is 2.01. The van der Waals surface area contributed by atoms with Crippen LogP contribution in [0.2, 0.25) is 5.02 Å². The van der Waals surface area contributed by atoms with Crippen molar-refractivity contribution < 1.29 is 0 Å². The van der Waals surface area contributed by atoms with Crippen molar-refractivity contribution in [2.45, 2.75) is 6.54 Å². The van der Waals surface area contributed by atoms with Crippen molar-refractivity contribution in [1.82, 2.24) is 0 Å². The predicted octanol–water partition coefficient (Wildman–Crippen LogP) is 5.48. The Morgan fingerprint density at radius 3 is 2.59 bits per heavy atom. The van der Waals surface area contributed by atoms with Gasteiger partial charge in [0.05, 0.1) is 0 Å². The van der Waals surface area contributed by atoms with Crippen molar-refractivity contribution in [2.75, 3.05) is 5.32 Å². The minimum absolute atomic E-state index is 0.739. The maximum atomic E-state index is 5.90. The molecule has 2 aromatic carbocycles. The van der Waals surface area contributed by atoms with E-state index in [9.17, 15) is 0 Å². The van der Waals surface area contributed by atoms with Crippen molar-refractivity contribution in [1.29, 1.82) is 0 Å². The van der Waals surface area contributed by atoms with Crippen LogP contribution >= 0.6 is 43.5 Å². The maximum absolute atomic E-state index is 5.90. The van der Waals surface area contributed by atoms with Gasteiger partial charge in [0.25, 0.3) is 0 Å². The first-order valence-corrected chi connectivity index (χ1v) is 7.05. The Hall–Kier alpha value is -0.510. The molecule has 17 heavy (non-hydrogen) atoms. The minimum atomic E-state index is 0.739. The van der Waals surface area contributed by atoms with Gasteiger partial charge >= 0.3 is 0 Å². The molecule has 0 fully saturated rings. The fraction of sp³-hybridized carbons (Fsp3) is 0.0769.